The van der Waals surface area contributed by atoms with E-state index >= 15 is 0 Å². The minimum atomic E-state index is 0.222. The molecule has 2 fully saturated rings. The van der Waals surface area contributed by atoms with Gasteiger partial charge in [0, 0.05) is 52.4 Å². The standard InChI is InChI=1S/C23H44N4O2/c1-5-24(6-2)22(28)26-16-12-20(13-17-26)10-9-11-21-14-18-27(19-15-21)23(29)25(7-3)8-4/h20-21H,5-19H2,1-4H3. The summed E-state index contributed by atoms with van der Waals surface area (Å²) in [4.78, 5) is 32.9. The fraction of sp³-hybridized carbons (Fsp3) is 0.913. The van der Waals surface area contributed by atoms with Gasteiger partial charge in [0.05, 0.1) is 0 Å². The number of hydrogen-bond acceptors (Lipinski definition) is 2. The highest BCUT2D eigenvalue weighted by Gasteiger charge is 2.27. The van der Waals surface area contributed by atoms with E-state index in [0.29, 0.717) is 0 Å². The summed E-state index contributed by atoms with van der Waals surface area (Å²) in [5.41, 5.74) is 0. The maximum atomic E-state index is 12.5. The Bertz CT molecular complexity index is 445. The average Bonchev–Trinajstić information content (AvgIpc) is 2.76. The van der Waals surface area contributed by atoms with Crippen LogP contribution in [0.3, 0.4) is 0 Å². The van der Waals surface area contributed by atoms with Crippen LogP contribution in [-0.4, -0.2) is 84.0 Å². The summed E-state index contributed by atoms with van der Waals surface area (Å²) >= 11 is 0. The lowest BCUT2D eigenvalue weighted by molar-refractivity contribution is 0.129. The third-order valence-electron chi connectivity index (χ3n) is 7.06. The molecule has 29 heavy (non-hydrogen) atoms. The number of carbonyl (C=O) groups excluding carboxylic acids is 2. The molecule has 0 spiro atoms. The summed E-state index contributed by atoms with van der Waals surface area (Å²) in [6.07, 6.45) is 8.52. The molecule has 0 aromatic heterocycles. The molecule has 2 saturated heterocycles. The molecule has 0 aromatic carbocycles. The second-order valence-electron chi connectivity index (χ2n) is 8.70. The molecule has 2 rings (SSSR count). The molecule has 0 unspecified atom stereocenters. The van der Waals surface area contributed by atoms with E-state index in [1.54, 1.807) is 0 Å². The van der Waals surface area contributed by atoms with Gasteiger partial charge < -0.3 is 19.6 Å². The zero-order chi connectivity index (χ0) is 21.2. The van der Waals surface area contributed by atoms with E-state index in [4.69, 9.17) is 0 Å². The molecule has 168 valence electrons. The molecule has 4 amide bonds. The van der Waals surface area contributed by atoms with E-state index in [1.807, 2.05) is 19.6 Å². The molecule has 0 bridgehead atoms. The van der Waals surface area contributed by atoms with E-state index < -0.39 is 0 Å². The van der Waals surface area contributed by atoms with Gasteiger partial charge in [-0.1, -0.05) is 19.3 Å². The molecule has 2 aliphatic rings. The van der Waals surface area contributed by atoms with Crippen LogP contribution in [0.2, 0.25) is 0 Å². The SMILES string of the molecule is CCN(CC)C(=O)N1CCC(CCCC2CCN(C(=O)N(CC)CC)CC2)CC1. The maximum Gasteiger partial charge on any atom is 0.319 e. The highest BCUT2D eigenvalue weighted by molar-refractivity contribution is 5.74. The number of urea groups is 2. The zero-order valence-corrected chi connectivity index (χ0v) is 19.4. The molecular formula is C23H44N4O2. The Kier molecular flexibility index (Phi) is 10.1. The number of nitrogens with zero attached hydrogens (tertiary/aromatic N) is 4. The first-order valence-electron chi connectivity index (χ1n) is 12.1. The lowest BCUT2D eigenvalue weighted by Gasteiger charge is -2.36. The molecule has 6 nitrogen and oxygen atoms in total. The van der Waals surface area contributed by atoms with Crippen molar-refractivity contribution in [3.8, 4) is 0 Å². The lowest BCUT2D eigenvalue weighted by Crippen LogP contribution is -2.46. The smallest absolute Gasteiger partial charge is 0.319 e. The highest BCUT2D eigenvalue weighted by atomic mass is 16.2. The van der Waals surface area contributed by atoms with Gasteiger partial charge in [-0.3, -0.25) is 0 Å². The maximum absolute atomic E-state index is 12.5. The molecule has 2 heterocycles. The summed E-state index contributed by atoms with van der Waals surface area (Å²) < 4.78 is 0. The van der Waals surface area contributed by atoms with E-state index in [2.05, 4.69) is 27.7 Å². The molecular weight excluding hydrogens is 364 g/mol. The number of amides is 4. The minimum Gasteiger partial charge on any atom is -0.325 e. The van der Waals surface area contributed by atoms with Crippen LogP contribution in [0.4, 0.5) is 9.59 Å². The number of rotatable bonds is 8. The van der Waals surface area contributed by atoms with Crippen LogP contribution in [0.5, 0.6) is 0 Å². The summed E-state index contributed by atoms with van der Waals surface area (Å²) in [6, 6.07) is 0.443. The van der Waals surface area contributed by atoms with Gasteiger partial charge in [0.2, 0.25) is 0 Å². The Morgan fingerprint density at radius 2 is 0.966 bits per heavy atom. The largest absolute Gasteiger partial charge is 0.325 e. The zero-order valence-electron chi connectivity index (χ0n) is 19.4. The Labute approximate surface area is 178 Å². The van der Waals surface area contributed by atoms with Gasteiger partial charge in [-0.05, 0) is 65.2 Å². The first-order chi connectivity index (χ1) is 14.0. The van der Waals surface area contributed by atoms with Crippen molar-refractivity contribution >= 4 is 12.1 Å². The van der Waals surface area contributed by atoms with Crippen LogP contribution in [0.25, 0.3) is 0 Å². The van der Waals surface area contributed by atoms with Crippen molar-refractivity contribution in [2.75, 3.05) is 52.4 Å². The first-order valence-corrected chi connectivity index (χ1v) is 12.1. The van der Waals surface area contributed by atoms with Gasteiger partial charge in [-0.2, -0.15) is 0 Å². The number of hydrogen-bond donors (Lipinski definition) is 0. The number of likely N-dealkylation sites (tertiary alicyclic amines) is 2. The third kappa shape index (κ3) is 6.78. The summed E-state index contributed by atoms with van der Waals surface area (Å²) in [5, 5.41) is 0. The molecule has 2 aliphatic heterocycles. The summed E-state index contributed by atoms with van der Waals surface area (Å²) in [7, 11) is 0. The van der Waals surface area contributed by atoms with Crippen LogP contribution in [0, 0.1) is 11.8 Å². The van der Waals surface area contributed by atoms with Crippen LogP contribution >= 0.6 is 0 Å². The highest BCUT2D eigenvalue weighted by Crippen LogP contribution is 2.28. The topological polar surface area (TPSA) is 47.1 Å². The first kappa shape index (κ1) is 23.8. The van der Waals surface area contributed by atoms with Crippen LogP contribution < -0.4 is 0 Å². The molecule has 0 aromatic rings. The second-order valence-corrected chi connectivity index (χ2v) is 8.70. The summed E-state index contributed by atoms with van der Waals surface area (Å²) in [5.74, 6) is 1.56. The Balaban J connectivity index is 1.61. The van der Waals surface area contributed by atoms with E-state index in [-0.39, 0.29) is 12.1 Å². The lowest BCUT2D eigenvalue weighted by atomic mass is 9.87. The normalized spacial score (nSPS) is 18.8. The summed E-state index contributed by atoms with van der Waals surface area (Å²) in [6.45, 7) is 15.1. The monoisotopic (exact) mass is 408 g/mol. The molecule has 0 saturated carbocycles. The molecule has 0 radical (unpaired) electrons. The van der Waals surface area contributed by atoms with Gasteiger partial charge in [0.1, 0.15) is 0 Å². The van der Waals surface area contributed by atoms with Crippen LogP contribution in [0.1, 0.15) is 72.6 Å². The van der Waals surface area contributed by atoms with Crippen molar-refractivity contribution in [2.45, 2.75) is 72.6 Å². The van der Waals surface area contributed by atoms with Crippen molar-refractivity contribution in [2.24, 2.45) is 11.8 Å². The molecule has 0 N–H and O–H groups in total. The Hall–Kier alpha value is -1.46. The van der Waals surface area contributed by atoms with Gasteiger partial charge in [-0.15, -0.1) is 0 Å². The van der Waals surface area contributed by atoms with Gasteiger partial charge in [0.25, 0.3) is 0 Å². The number of piperidine rings is 2. The number of carbonyl (C=O) groups is 2. The predicted octanol–water partition coefficient (Wildman–Crippen LogP) is 4.50. The predicted molar refractivity (Wildman–Crippen MR) is 119 cm³/mol. The van der Waals surface area contributed by atoms with E-state index in [9.17, 15) is 9.59 Å². The minimum absolute atomic E-state index is 0.222. The van der Waals surface area contributed by atoms with Gasteiger partial charge >= 0.3 is 12.1 Å². The van der Waals surface area contributed by atoms with Crippen molar-refractivity contribution in [1.29, 1.82) is 0 Å². The van der Waals surface area contributed by atoms with E-state index in [1.165, 1.54) is 19.3 Å². The second kappa shape index (κ2) is 12.3. The van der Waals surface area contributed by atoms with Crippen molar-refractivity contribution in [3.05, 3.63) is 0 Å². The molecule has 6 heteroatoms. The van der Waals surface area contributed by atoms with E-state index in [0.717, 1.165) is 89.9 Å². The van der Waals surface area contributed by atoms with Crippen LogP contribution in [-0.2, 0) is 0 Å². The molecule has 0 aliphatic carbocycles. The fourth-order valence-corrected chi connectivity index (χ4v) is 4.91. The van der Waals surface area contributed by atoms with Crippen LogP contribution in [0.15, 0.2) is 0 Å². The van der Waals surface area contributed by atoms with Crippen molar-refractivity contribution in [3.63, 3.8) is 0 Å². The van der Waals surface area contributed by atoms with Crippen molar-refractivity contribution in [1.82, 2.24) is 19.6 Å². The van der Waals surface area contributed by atoms with Crippen molar-refractivity contribution < 1.29 is 9.59 Å². The Morgan fingerprint density at radius 1 is 0.655 bits per heavy atom. The fourth-order valence-electron chi connectivity index (χ4n) is 4.91. The third-order valence-corrected chi connectivity index (χ3v) is 7.06. The quantitative estimate of drug-likeness (QED) is 0.593. The van der Waals surface area contributed by atoms with Gasteiger partial charge in [-0.25, -0.2) is 9.59 Å². The Morgan fingerprint density at radius 3 is 1.24 bits per heavy atom. The molecule has 0 atom stereocenters. The average molecular weight is 409 g/mol. The van der Waals surface area contributed by atoms with Gasteiger partial charge in [0.15, 0.2) is 0 Å².